The largest absolute Gasteiger partial charge is 0.348 e. The van der Waals surface area contributed by atoms with Gasteiger partial charge in [0.2, 0.25) is 0 Å². The maximum Gasteiger partial charge on any atom is 0.251 e. The minimum atomic E-state index is -0.0478. The van der Waals surface area contributed by atoms with E-state index >= 15 is 0 Å². The van der Waals surface area contributed by atoms with Crippen molar-refractivity contribution < 1.29 is 4.79 Å². The standard InChI is InChI=1S/C16H15Br2NO/c1-11-14(3-2-4-15(11)18)16(20)19-10-13-7-5-12(9-17)6-8-13/h2-8H,9-10H2,1H3,(H,19,20). The molecule has 20 heavy (non-hydrogen) atoms. The molecule has 0 saturated carbocycles. The van der Waals surface area contributed by atoms with Gasteiger partial charge in [0.05, 0.1) is 0 Å². The Morgan fingerprint density at radius 1 is 1.10 bits per heavy atom. The molecule has 0 saturated heterocycles. The molecule has 0 aromatic heterocycles. The highest BCUT2D eigenvalue weighted by Gasteiger charge is 2.10. The van der Waals surface area contributed by atoms with Gasteiger partial charge in [0, 0.05) is 21.9 Å². The van der Waals surface area contributed by atoms with E-state index in [0.717, 1.165) is 20.9 Å². The number of hydrogen-bond donors (Lipinski definition) is 1. The summed E-state index contributed by atoms with van der Waals surface area (Å²) >= 11 is 6.86. The third-order valence-electron chi connectivity index (χ3n) is 3.14. The van der Waals surface area contributed by atoms with Crippen LogP contribution in [0.1, 0.15) is 27.0 Å². The van der Waals surface area contributed by atoms with Crippen molar-refractivity contribution in [3.8, 4) is 0 Å². The molecular formula is C16H15Br2NO. The Morgan fingerprint density at radius 2 is 1.75 bits per heavy atom. The number of benzene rings is 2. The lowest BCUT2D eigenvalue weighted by molar-refractivity contribution is 0.0950. The molecule has 2 rings (SSSR count). The summed E-state index contributed by atoms with van der Waals surface area (Å²) in [6.07, 6.45) is 0. The summed E-state index contributed by atoms with van der Waals surface area (Å²) in [5.41, 5.74) is 3.98. The van der Waals surface area contributed by atoms with Gasteiger partial charge in [0.25, 0.3) is 5.91 Å². The Bertz CT molecular complexity index is 608. The van der Waals surface area contributed by atoms with Gasteiger partial charge in [0.15, 0.2) is 0 Å². The van der Waals surface area contributed by atoms with Crippen molar-refractivity contribution in [3.05, 3.63) is 69.2 Å². The minimum absolute atomic E-state index is 0.0478. The van der Waals surface area contributed by atoms with Gasteiger partial charge < -0.3 is 5.32 Å². The van der Waals surface area contributed by atoms with E-state index in [1.54, 1.807) is 0 Å². The van der Waals surface area contributed by atoms with Crippen LogP contribution in [0.25, 0.3) is 0 Å². The smallest absolute Gasteiger partial charge is 0.251 e. The number of nitrogens with one attached hydrogen (secondary N) is 1. The van der Waals surface area contributed by atoms with E-state index in [4.69, 9.17) is 0 Å². The Hall–Kier alpha value is -1.13. The Labute approximate surface area is 135 Å². The van der Waals surface area contributed by atoms with Crippen LogP contribution in [-0.2, 0) is 11.9 Å². The first-order valence-corrected chi connectivity index (χ1v) is 8.20. The highest BCUT2D eigenvalue weighted by atomic mass is 79.9. The Morgan fingerprint density at radius 3 is 2.40 bits per heavy atom. The predicted octanol–water partition coefficient (Wildman–Crippen LogP) is 4.58. The van der Waals surface area contributed by atoms with Gasteiger partial charge in [-0.15, -0.1) is 0 Å². The molecule has 2 aromatic rings. The van der Waals surface area contributed by atoms with Crippen LogP contribution >= 0.6 is 31.9 Å². The molecule has 0 bridgehead atoms. The minimum Gasteiger partial charge on any atom is -0.348 e. The number of rotatable bonds is 4. The van der Waals surface area contributed by atoms with E-state index in [1.165, 1.54) is 5.56 Å². The normalized spacial score (nSPS) is 10.3. The lowest BCUT2D eigenvalue weighted by Crippen LogP contribution is -2.23. The van der Waals surface area contributed by atoms with Crippen LogP contribution in [0, 0.1) is 6.92 Å². The molecule has 2 aromatic carbocycles. The second kappa shape index (κ2) is 7.04. The highest BCUT2D eigenvalue weighted by molar-refractivity contribution is 9.10. The molecule has 0 spiro atoms. The fourth-order valence-electron chi connectivity index (χ4n) is 1.88. The SMILES string of the molecule is Cc1c(Br)cccc1C(=O)NCc1ccc(CBr)cc1. The molecule has 0 radical (unpaired) electrons. The van der Waals surface area contributed by atoms with Gasteiger partial charge in [-0.05, 0) is 35.7 Å². The second-order valence-corrected chi connectivity index (χ2v) is 5.96. The second-order valence-electron chi connectivity index (χ2n) is 4.55. The average molecular weight is 397 g/mol. The molecule has 0 heterocycles. The van der Waals surface area contributed by atoms with Gasteiger partial charge in [-0.1, -0.05) is 62.2 Å². The molecule has 0 aliphatic carbocycles. The van der Waals surface area contributed by atoms with Gasteiger partial charge in [0.1, 0.15) is 0 Å². The third kappa shape index (κ3) is 3.70. The van der Waals surface area contributed by atoms with E-state index < -0.39 is 0 Å². The Balaban J connectivity index is 2.02. The highest BCUT2D eigenvalue weighted by Crippen LogP contribution is 2.19. The summed E-state index contributed by atoms with van der Waals surface area (Å²) in [4.78, 5) is 12.2. The third-order valence-corrected chi connectivity index (χ3v) is 4.65. The first-order chi connectivity index (χ1) is 9.61. The zero-order valence-corrected chi connectivity index (χ0v) is 14.3. The molecule has 1 N–H and O–H groups in total. The molecule has 4 heteroatoms. The number of alkyl halides is 1. The van der Waals surface area contributed by atoms with Gasteiger partial charge in [-0.3, -0.25) is 4.79 Å². The summed E-state index contributed by atoms with van der Waals surface area (Å²) in [5.74, 6) is -0.0478. The summed E-state index contributed by atoms with van der Waals surface area (Å²) < 4.78 is 0.951. The predicted molar refractivity (Wildman–Crippen MR) is 89.1 cm³/mol. The van der Waals surface area contributed by atoms with E-state index in [1.807, 2.05) is 37.3 Å². The molecule has 0 aliphatic heterocycles. The fraction of sp³-hybridized carbons (Fsp3) is 0.188. The van der Waals surface area contributed by atoms with Crippen molar-refractivity contribution in [2.24, 2.45) is 0 Å². The molecule has 1 amide bonds. The average Bonchev–Trinajstić information content (AvgIpc) is 2.48. The maximum absolute atomic E-state index is 12.2. The first-order valence-electron chi connectivity index (χ1n) is 6.29. The Kier molecular flexibility index (Phi) is 5.38. The van der Waals surface area contributed by atoms with Crippen LogP contribution in [0.3, 0.4) is 0 Å². The quantitative estimate of drug-likeness (QED) is 0.752. The summed E-state index contributed by atoms with van der Waals surface area (Å²) in [6.45, 7) is 2.47. The molecule has 0 unspecified atom stereocenters. The van der Waals surface area contributed by atoms with Crippen molar-refractivity contribution in [2.45, 2.75) is 18.8 Å². The maximum atomic E-state index is 12.2. The van der Waals surface area contributed by atoms with E-state index in [2.05, 4.69) is 49.3 Å². The van der Waals surface area contributed by atoms with Crippen LogP contribution in [0.4, 0.5) is 0 Å². The summed E-state index contributed by atoms with van der Waals surface area (Å²) in [6, 6.07) is 13.8. The van der Waals surface area contributed by atoms with Crippen molar-refractivity contribution in [2.75, 3.05) is 0 Å². The van der Waals surface area contributed by atoms with Gasteiger partial charge in [-0.25, -0.2) is 0 Å². The first kappa shape index (κ1) is 15.3. The van der Waals surface area contributed by atoms with Crippen LogP contribution in [0.15, 0.2) is 46.9 Å². The number of amides is 1. The van der Waals surface area contributed by atoms with Crippen molar-refractivity contribution in [3.63, 3.8) is 0 Å². The van der Waals surface area contributed by atoms with E-state index in [-0.39, 0.29) is 5.91 Å². The van der Waals surface area contributed by atoms with Crippen LogP contribution < -0.4 is 5.32 Å². The van der Waals surface area contributed by atoms with Crippen molar-refractivity contribution >= 4 is 37.8 Å². The van der Waals surface area contributed by atoms with E-state index in [9.17, 15) is 4.79 Å². The molecule has 2 nitrogen and oxygen atoms in total. The fourth-order valence-corrected chi connectivity index (χ4v) is 2.62. The number of carbonyl (C=O) groups is 1. The molecule has 0 atom stereocenters. The number of carbonyl (C=O) groups excluding carboxylic acids is 1. The molecular weight excluding hydrogens is 382 g/mol. The zero-order valence-electron chi connectivity index (χ0n) is 11.1. The lowest BCUT2D eigenvalue weighted by atomic mass is 10.1. The van der Waals surface area contributed by atoms with Crippen molar-refractivity contribution in [1.29, 1.82) is 0 Å². The summed E-state index contributed by atoms with van der Waals surface area (Å²) in [5, 5.41) is 3.79. The number of halogens is 2. The molecule has 0 aliphatic rings. The van der Waals surface area contributed by atoms with Crippen LogP contribution in [-0.4, -0.2) is 5.91 Å². The van der Waals surface area contributed by atoms with Gasteiger partial charge in [-0.2, -0.15) is 0 Å². The summed E-state index contributed by atoms with van der Waals surface area (Å²) in [7, 11) is 0. The molecule has 0 fully saturated rings. The lowest BCUT2D eigenvalue weighted by Gasteiger charge is -2.09. The van der Waals surface area contributed by atoms with Crippen LogP contribution in [0.2, 0.25) is 0 Å². The number of hydrogen-bond acceptors (Lipinski definition) is 1. The van der Waals surface area contributed by atoms with Crippen molar-refractivity contribution in [1.82, 2.24) is 5.32 Å². The monoisotopic (exact) mass is 395 g/mol. The van der Waals surface area contributed by atoms with Crippen LogP contribution in [0.5, 0.6) is 0 Å². The van der Waals surface area contributed by atoms with Gasteiger partial charge >= 0.3 is 0 Å². The zero-order chi connectivity index (χ0) is 14.5. The molecule has 104 valence electrons. The van der Waals surface area contributed by atoms with E-state index in [0.29, 0.717) is 12.1 Å². The topological polar surface area (TPSA) is 29.1 Å².